The quantitative estimate of drug-likeness (QED) is 0.600. The Labute approximate surface area is 139 Å². The van der Waals surface area contributed by atoms with Crippen LogP contribution in [0, 0.1) is 0 Å². The fraction of sp³-hybridized carbons (Fsp3) is 0.200. The van der Waals surface area contributed by atoms with Crippen LogP contribution in [0.15, 0.2) is 47.5 Å². The highest BCUT2D eigenvalue weighted by atomic mass is 32.2. The van der Waals surface area contributed by atoms with Crippen LogP contribution in [0.25, 0.3) is 0 Å². The van der Waals surface area contributed by atoms with Crippen LogP contribution >= 0.6 is 0 Å². The number of aromatic nitrogens is 1. The maximum absolute atomic E-state index is 12.1. The fourth-order valence-corrected chi connectivity index (χ4v) is 3.16. The van der Waals surface area contributed by atoms with Gasteiger partial charge in [0, 0.05) is 31.9 Å². The van der Waals surface area contributed by atoms with Crippen molar-refractivity contribution in [3.63, 3.8) is 0 Å². The molecule has 0 atom stereocenters. The van der Waals surface area contributed by atoms with Gasteiger partial charge in [0.15, 0.2) is 0 Å². The first-order valence-electron chi connectivity index (χ1n) is 7.10. The smallest absolute Gasteiger partial charge is 0.265 e. The number of rotatable bonds is 7. The largest absolute Gasteiger partial charge is 0.364 e. The van der Waals surface area contributed by atoms with E-state index < -0.39 is 15.9 Å². The van der Waals surface area contributed by atoms with Crippen LogP contribution in [0.4, 0.5) is 0 Å². The molecule has 0 radical (unpaired) electrons. The molecule has 4 N–H and O–H groups in total. The third-order valence-corrected chi connectivity index (χ3v) is 4.71. The minimum Gasteiger partial charge on any atom is -0.364 e. The normalized spacial score (nSPS) is 11.2. The van der Waals surface area contributed by atoms with Gasteiger partial charge >= 0.3 is 0 Å². The molecule has 0 fully saturated rings. The molecule has 2 amide bonds. The highest BCUT2D eigenvalue weighted by molar-refractivity contribution is 7.89. The van der Waals surface area contributed by atoms with Crippen molar-refractivity contribution in [2.45, 2.75) is 4.90 Å². The maximum Gasteiger partial charge on any atom is 0.265 e. The second-order valence-electron chi connectivity index (χ2n) is 5.06. The molecule has 1 heterocycles. The Morgan fingerprint density at radius 1 is 1.17 bits per heavy atom. The summed E-state index contributed by atoms with van der Waals surface area (Å²) in [6, 6.07) is 9.80. The van der Waals surface area contributed by atoms with Gasteiger partial charge in [0.2, 0.25) is 10.0 Å². The Bertz CT molecular complexity index is 844. The van der Waals surface area contributed by atoms with Crippen molar-refractivity contribution >= 4 is 21.8 Å². The molecular formula is C15H18N4O4S. The average molecular weight is 350 g/mol. The van der Waals surface area contributed by atoms with Crippen LogP contribution in [0.5, 0.6) is 0 Å². The summed E-state index contributed by atoms with van der Waals surface area (Å²) in [6.45, 7) is 0.143. The minimum absolute atomic E-state index is 0.0156. The SMILES string of the molecule is Cn1cc(S(=O)(=O)NCCNC(=O)c2ccccc2)cc1C(N)=O. The Hall–Kier alpha value is -2.65. The zero-order valence-electron chi connectivity index (χ0n) is 13.0. The van der Waals surface area contributed by atoms with E-state index in [1.807, 2.05) is 0 Å². The van der Waals surface area contributed by atoms with E-state index in [-0.39, 0.29) is 29.6 Å². The van der Waals surface area contributed by atoms with Gasteiger partial charge in [0.1, 0.15) is 10.6 Å². The summed E-state index contributed by atoms with van der Waals surface area (Å²) in [6.07, 6.45) is 1.30. The summed E-state index contributed by atoms with van der Waals surface area (Å²) in [7, 11) is -2.26. The molecule has 0 unspecified atom stereocenters. The van der Waals surface area contributed by atoms with Crippen LogP contribution in [-0.2, 0) is 17.1 Å². The molecule has 0 aliphatic heterocycles. The van der Waals surface area contributed by atoms with E-state index in [4.69, 9.17) is 5.73 Å². The van der Waals surface area contributed by atoms with Gasteiger partial charge < -0.3 is 15.6 Å². The molecule has 0 saturated heterocycles. The number of amides is 2. The summed E-state index contributed by atoms with van der Waals surface area (Å²) >= 11 is 0. The molecule has 9 heteroatoms. The zero-order chi connectivity index (χ0) is 17.7. The maximum atomic E-state index is 12.1. The van der Waals surface area contributed by atoms with Gasteiger partial charge in [-0.15, -0.1) is 0 Å². The molecule has 24 heavy (non-hydrogen) atoms. The van der Waals surface area contributed by atoms with Crippen LogP contribution in [0.3, 0.4) is 0 Å². The summed E-state index contributed by atoms with van der Waals surface area (Å²) in [4.78, 5) is 22.9. The Morgan fingerprint density at radius 2 is 1.83 bits per heavy atom. The molecule has 2 aromatic rings. The number of nitrogens with one attached hydrogen (secondary N) is 2. The summed E-state index contributed by atoms with van der Waals surface area (Å²) < 4.78 is 28.0. The van der Waals surface area contributed by atoms with E-state index in [0.717, 1.165) is 0 Å². The molecule has 0 spiro atoms. The van der Waals surface area contributed by atoms with Gasteiger partial charge in [0.25, 0.3) is 11.8 Å². The number of benzene rings is 1. The van der Waals surface area contributed by atoms with Crippen LogP contribution in [0.2, 0.25) is 0 Å². The molecular weight excluding hydrogens is 332 g/mol. The van der Waals surface area contributed by atoms with E-state index >= 15 is 0 Å². The molecule has 128 valence electrons. The lowest BCUT2D eigenvalue weighted by Gasteiger charge is -2.07. The van der Waals surface area contributed by atoms with Gasteiger partial charge in [-0.2, -0.15) is 0 Å². The number of hydrogen-bond donors (Lipinski definition) is 3. The second-order valence-corrected chi connectivity index (χ2v) is 6.82. The molecule has 0 aliphatic carbocycles. The predicted octanol–water partition coefficient (Wildman–Crippen LogP) is -0.168. The van der Waals surface area contributed by atoms with Gasteiger partial charge in [0.05, 0.1) is 0 Å². The average Bonchev–Trinajstić information content (AvgIpc) is 2.95. The standard InChI is InChI=1S/C15H18N4O4S/c1-19-10-12(9-13(19)14(16)20)24(22,23)18-8-7-17-15(21)11-5-3-2-4-6-11/h2-6,9-10,18H,7-8H2,1H3,(H2,16,20)(H,17,21). The Morgan fingerprint density at radius 3 is 2.42 bits per heavy atom. The van der Waals surface area contributed by atoms with E-state index in [1.54, 1.807) is 30.3 Å². The third-order valence-electron chi connectivity index (χ3n) is 3.28. The fourth-order valence-electron chi connectivity index (χ4n) is 2.06. The lowest BCUT2D eigenvalue weighted by Crippen LogP contribution is -2.34. The molecule has 0 bridgehead atoms. The third kappa shape index (κ3) is 4.21. The van der Waals surface area contributed by atoms with E-state index in [0.29, 0.717) is 5.56 Å². The van der Waals surface area contributed by atoms with Gasteiger partial charge in [-0.25, -0.2) is 13.1 Å². The number of carbonyl (C=O) groups is 2. The van der Waals surface area contributed by atoms with Crippen molar-refractivity contribution in [3.8, 4) is 0 Å². The first-order valence-corrected chi connectivity index (χ1v) is 8.58. The monoisotopic (exact) mass is 350 g/mol. The van der Waals surface area contributed by atoms with E-state index in [2.05, 4.69) is 10.0 Å². The number of carbonyl (C=O) groups excluding carboxylic acids is 2. The second kappa shape index (κ2) is 7.28. The number of sulfonamides is 1. The predicted molar refractivity (Wildman–Crippen MR) is 87.9 cm³/mol. The summed E-state index contributed by atoms with van der Waals surface area (Å²) in [5.41, 5.74) is 5.74. The van der Waals surface area contributed by atoms with Gasteiger partial charge in [-0.1, -0.05) is 18.2 Å². The lowest BCUT2D eigenvalue weighted by molar-refractivity contribution is 0.0952. The summed E-state index contributed by atoms with van der Waals surface area (Å²) in [5, 5.41) is 2.61. The van der Waals surface area contributed by atoms with Crippen LogP contribution in [0.1, 0.15) is 20.8 Å². The van der Waals surface area contributed by atoms with Gasteiger partial charge in [-0.3, -0.25) is 9.59 Å². The Balaban J connectivity index is 1.90. The van der Waals surface area contributed by atoms with Crippen molar-refractivity contribution in [2.75, 3.05) is 13.1 Å². The number of aryl methyl sites for hydroxylation is 1. The van der Waals surface area contributed by atoms with Gasteiger partial charge in [-0.05, 0) is 18.2 Å². The molecule has 1 aromatic carbocycles. The van der Waals surface area contributed by atoms with Crippen molar-refractivity contribution in [1.82, 2.24) is 14.6 Å². The number of nitrogens with two attached hydrogens (primary N) is 1. The molecule has 0 saturated carbocycles. The number of hydrogen-bond acceptors (Lipinski definition) is 4. The highest BCUT2D eigenvalue weighted by Gasteiger charge is 2.19. The zero-order valence-corrected chi connectivity index (χ0v) is 13.8. The molecule has 2 rings (SSSR count). The van der Waals surface area contributed by atoms with Crippen molar-refractivity contribution < 1.29 is 18.0 Å². The molecule has 8 nitrogen and oxygen atoms in total. The Kier molecular flexibility index (Phi) is 5.37. The lowest BCUT2D eigenvalue weighted by atomic mass is 10.2. The molecule has 1 aromatic heterocycles. The first-order chi connectivity index (χ1) is 11.3. The van der Waals surface area contributed by atoms with Crippen molar-refractivity contribution in [1.29, 1.82) is 0 Å². The van der Waals surface area contributed by atoms with Crippen molar-refractivity contribution in [3.05, 3.63) is 53.9 Å². The van der Waals surface area contributed by atoms with Crippen LogP contribution in [-0.4, -0.2) is 37.9 Å². The first kappa shape index (κ1) is 17.7. The minimum atomic E-state index is -3.79. The van der Waals surface area contributed by atoms with Crippen molar-refractivity contribution in [2.24, 2.45) is 12.8 Å². The summed E-state index contributed by atoms with van der Waals surface area (Å²) in [5.74, 6) is -1.00. The highest BCUT2D eigenvalue weighted by Crippen LogP contribution is 2.12. The number of nitrogens with zero attached hydrogens (tertiary/aromatic N) is 1. The topological polar surface area (TPSA) is 123 Å². The van der Waals surface area contributed by atoms with Crippen LogP contribution < -0.4 is 15.8 Å². The van der Waals surface area contributed by atoms with E-state index in [1.165, 1.54) is 23.9 Å². The molecule has 0 aliphatic rings. The van der Waals surface area contributed by atoms with E-state index in [9.17, 15) is 18.0 Å². The number of primary amides is 1.